The molecule has 184 valence electrons. The molecule has 0 fully saturated rings. The number of nitrogens with zero attached hydrogens (tertiary/aromatic N) is 1. The number of halogens is 3. The molecule has 1 N–H and O–H groups in total. The number of anilines is 1. The highest BCUT2D eigenvalue weighted by Crippen LogP contribution is 2.32. The van der Waals surface area contributed by atoms with Crippen LogP contribution >= 0.6 is 0 Å². The molecule has 0 aliphatic heterocycles. The van der Waals surface area contributed by atoms with Crippen LogP contribution in [0.3, 0.4) is 0 Å². The minimum absolute atomic E-state index is 0.0389. The van der Waals surface area contributed by atoms with Crippen LogP contribution < -0.4 is 9.64 Å². The molecule has 0 aliphatic carbocycles. The van der Waals surface area contributed by atoms with Crippen molar-refractivity contribution in [1.29, 1.82) is 0 Å². The Bertz CT molecular complexity index is 1220. The standard InChI is InChI=1S/C27H26F3NO4/c1-4-31(21-12-10-20(11-13-21)27(28,29)30)26(34)23-6-5-7-24(18(23)3)35-22-14-8-19(17(2)16-22)9-15-25(32)33/h5-8,10-14,16H,4,9,15H2,1-3H3,(H,32,33). The maximum absolute atomic E-state index is 13.3. The Morgan fingerprint density at radius 3 is 2.26 bits per heavy atom. The van der Waals surface area contributed by atoms with Gasteiger partial charge in [-0.15, -0.1) is 0 Å². The van der Waals surface area contributed by atoms with E-state index in [1.54, 1.807) is 38.1 Å². The molecule has 3 aromatic rings. The fourth-order valence-electron chi connectivity index (χ4n) is 3.76. The second-order valence-electron chi connectivity index (χ2n) is 8.11. The van der Waals surface area contributed by atoms with Crippen molar-refractivity contribution >= 4 is 17.6 Å². The molecule has 5 nitrogen and oxygen atoms in total. The fraction of sp³-hybridized carbons (Fsp3) is 0.259. The third-order valence-electron chi connectivity index (χ3n) is 5.73. The van der Waals surface area contributed by atoms with Gasteiger partial charge in [0.25, 0.3) is 5.91 Å². The number of rotatable bonds is 8. The average molecular weight is 486 g/mol. The van der Waals surface area contributed by atoms with Crippen molar-refractivity contribution in [2.24, 2.45) is 0 Å². The normalized spacial score (nSPS) is 11.3. The largest absolute Gasteiger partial charge is 0.481 e. The summed E-state index contributed by atoms with van der Waals surface area (Å²) in [7, 11) is 0. The van der Waals surface area contributed by atoms with E-state index in [2.05, 4.69) is 0 Å². The smallest absolute Gasteiger partial charge is 0.416 e. The number of aliphatic carboxylic acids is 1. The van der Waals surface area contributed by atoms with Crippen molar-refractivity contribution in [3.8, 4) is 11.5 Å². The third-order valence-corrected chi connectivity index (χ3v) is 5.73. The quantitative estimate of drug-likeness (QED) is 0.381. The number of aryl methyl sites for hydroxylation is 2. The second-order valence-corrected chi connectivity index (χ2v) is 8.11. The molecular formula is C27H26F3NO4. The summed E-state index contributed by atoms with van der Waals surface area (Å²) in [5.41, 5.74) is 2.36. The monoisotopic (exact) mass is 485 g/mol. The highest BCUT2D eigenvalue weighted by atomic mass is 19.4. The number of benzene rings is 3. The molecule has 0 aliphatic rings. The van der Waals surface area contributed by atoms with Crippen LogP contribution in [0.1, 0.15) is 46.0 Å². The molecule has 8 heteroatoms. The Balaban J connectivity index is 1.83. The van der Waals surface area contributed by atoms with Gasteiger partial charge in [-0.05, 0) is 86.8 Å². The molecule has 0 radical (unpaired) electrons. The van der Waals surface area contributed by atoms with E-state index in [9.17, 15) is 22.8 Å². The van der Waals surface area contributed by atoms with Crippen molar-refractivity contribution in [3.63, 3.8) is 0 Å². The minimum Gasteiger partial charge on any atom is -0.481 e. The average Bonchev–Trinajstić information content (AvgIpc) is 2.80. The lowest BCUT2D eigenvalue weighted by atomic mass is 10.0. The van der Waals surface area contributed by atoms with E-state index in [0.717, 1.165) is 23.3 Å². The molecule has 0 saturated carbocycles. The van der Waals surface area contributed by atoms with Crippen LogP contribution in [0.4, 0.5) is 18.9 Å². The summed E-state index contributed by atoms with van der Waals surface area (Å²) in [5, 5.41) is 8.89. The number of alkyl halides is 3. The van der Waals surface area contributed by atoms with Gasteiger partial charge in [-0.3, -0.25) is 9.59 Å². The second kappa shape index (κ2) is 10.6. The summed E-state index contributed by atoms with van der Waals surface area (Å²) in [4.78, 5) is 25.6. The van der Waals surface area contributed by atoms with Gasteiger partial charge in [-0.1, -0.05) is 12.1 Å². The van der Waals surface area contributed by atoms with E-state index < -0.39 is 17.7 Å². The molecule has 0 spiro atoms. The number of carbonyl (C=O) groups excluding carboxylic acids is 1. The number of hydrogen-bond acceptors (Lipinski definition) is 3. The van der Waals surface area contributed by atoms with Gasteiger partial charge in [0, 0.05) is 29.8 Å². The van der Waals surface area contributed by atoms with Crippen molar-refractivity contribution in [1.82, 2.24) is 0 Å². The van der Waals surface area contributed by atoms with E-state index in [1.165, 1.54) is 17.0 Å². The van der Waals surface area contributed by atoms with Crippen LogP contribution in [0.15, 0.2) is 60.7 Å². The number of carbonyl (C=O) groups is 2. The minimum atomic E-state index is -4.45. The first-order valence-corrected chi connectivity index (χ1v) is 11.1. The van der Waals surface area contributed by atoms with E-state index >= 15 is 0 Å². The Morgan fingerprint density at radius 2 is 1.69 bits per heavy atom. The molecule has 0 bridgehead atoms. The van der Waals surface area contributed by atoms with E-state index in [-0.39, 0.29) is 18.9 Å². The van der Waals surface area contributed by atoms with Gasteiger partial charge in [0.1, 0.15) is 11.5 Å². The van der Waals surface area contributed by atoms with E-state index in [4.69, 9.17) is 9.84 Å². The van der Waals surface area contributed by atoms with Crippen molar-refractivity contribution < 1.29 is 32.6 Å². The lowest BCUT2D eigenvalue weighted by Crippen LogP contribution is -2.31. The number of ether oxygens (including phenoxy) is 1. The summed E-state index contributed by atoms with van der Waals surface area (Å²) in [6.07, 6.45) is -3.99. The van der Waals surface area contributed by atoms with Gasteiger partial charge in [0.05, 0.1) is 5.56 Å². The predicted molar refractivity (Wildman–Crippen MR) is 127 cm³/mol. The van der Waals surface area contributed by atoms with Crippen molar-refractivity contribution in [2.75, 3.05) is 11.4 Å². The van der Waals surface area contributed by atoms with Gasteiger partial charge in [-0.25, -0.2) is 0 Å². The lowest BCUT2D eigenvalue weighted by molar-refractivity contribution is -0.138. The number of carboxylic acid groups (broad SMARTS) is 1. The maximum Gasteiger partial charge on any atom is 0.416 e. The first-order chi connectivity index (χ1) is 16.5. The SMILES string of the molecule is CCN(C(=O)c1cccc(Oc2ccc(CCC(=O)O)c(C)c2)c1C)c1ccc(C(F)(F)F)cc1. The summed E-state index contributed by atoms with van der Waals surface area (Å²) < 4.78 is 44.7. The summed E-state index contributed by atoms with van der Waals surface area (Å²) >= 11 is 0. The molecular weight excluding hydrogens is 459 g/mol. The zero-order valence-corrected chi connectivity index (χ0v) is 19.6. The molecule has 0 heterocycles. The molecule has 0 unspecified atom stereocenters. The molecule has 0 aromatic heterocycles. The van der Waals surface area contributed by atoms with Crippen LogP contribution in [-0.2, 0) is 17.4 Å². The third kappa shape index (κ3) is 6.20. The summed E-state index contributed by atoms with van der Waals surface area (Å²) in [6, 6.07) is 14.9. The van der Waals surface area contributed by atoms with Gasteiger partial charge >= 0.3 is 12.1 Å². The molecule has 0 saturated heterocycles. The molecule has 0 atom stereocenters. The Hall–Kier alpha value is -3.81. The van der Waals surface area contributed by atoms with Crippen molar-refractivity contribution in [3.05, 3.63) is 88.5 Å². The molecule has 3 aromatic carbocycles. The van der Waals surface area contributed by atoms with Gasteiger partial charge < -0.3 is 14.7 Å². The Morgan fingerprint density at radius 1 is 1.00 bits per heavy atom. The van der Waals surface area contributed by atoms with Crippen LogP contribution in [0, 0.1) is 13.8 Å². The van der Waals surface area contributed by atoms with Gasteiger partial charge in [0.15, 0.2) is 0 Å². The Labute approximate surface area is 201 Å². The van der Waals surface area contributed by atoms with Gasteiger partial charge in [-0.2, -0.15) is 13.2 Å². The highest BCUT2D eigenvalue weighted by Gasteiger charge is 2.30. The van der Waals surface area contributed by atoms with Gasteiger partial charge in [0.2, 0.25) is 0 Å². The maximum atomic E-state index is 13.3. The summed E-state index contributed by atoms with van der Waals surface area (Å²) in [6.45, 7) is 5.64. The van der Waals surface area contributed by atoms with Crippen LogP contribution in [0.25, 0.3) is 0 Å². The van der Waals surface area contributed by atoms with Crippen LogP contribution in [0.2, 0.25) is 0 Å². The van der Waals surface area contributed by atoms with Crippen molar-refractivity contribution in [2.45, 2.75) is 39.8 Å². The van der Waals surface area contributed by atoms with Crippen LogP contribution in [0.5, 0.6) is 11.5 Å². The molecule has 1 amide bonds. The number of hydrogen-bond donors (Lipinski definition) is 1. The zero-order valence-electron chi connectivity index (χ0n) is 19.6. The topological polar surface area (TPSA) is 66.8 Å². The molecule has 35 heavy (non-hydrogen) atoms. The molecule has 3 rings (SSSR count). The predicted octanol–water partition coefficient (Wildman–Crippen LogP) is 6.80. The first-order valence-electron chi connectivity index (χ1n) is 11.1. The number of carboxylic acids is 1. The lowest BCUT2D eigenvalue weighted by Gasteiger charge is -2.23. The zero-order chi connectivity index (χ0) is 25.8. The Kier molecular flexibility index (Phi) is 7.84. The first kappa shape index (κ1) is 25.8. The highest BCUT2D eigenvalue weighted by molar-refractivity contribution is 6.07. The fourth-order valence-corrected chi connectivity index (χ4v) is 3.76. The number of amides is 1. The van der Waals surface area contributed by atoms with Crippen LogP contribution in [-0.4, -0.2) is 23.5 Å². The summed E-state index contributed by atoms with van der Waals surface area (Å²) in [5.74, 6) is -0.198. The van der Waals surface area contributed by atoms with E-state index in [1.807, 2.05) is 19.1 Å². The van der Waals surface area contributed by atoms with E-state index in [0.29, 0.717) is 34.7 Å².